The van der Waals surface area contributed by atoms with Gasteiger partial charge in [0.2, 0.25) is 5.91 Å². The number of carbonyl (C=O) groups is 1. The zero-order valence-corrected chi connectivity index (χ0v) is 14.3. The summed E-state index contributed by atoms with van der Waals surface area (Å²) in [6.07, 6.45) is 4.93. The van der Waals surface area contributed by atoms with Crippen molar-refractivity contribution in [3.05, 3.63) is 0 Å². The Bertz CT molecular complexity index is 390. The molecule has 0 spiro atoms. The van der Waals surface area contributed by atoms with Gasteiger partial charge in [0, 0.05) is 39.8 Å². The van der Waals surface area contributed by atoms with Gasteiger partial charge < -0.3 is 15.1 Å². The number of nitrogens with zero attached hydrogens (tertiary/aromatic N) is 4. The highest BCUT2D eigenvalue weighted by Gasteiger charge is 2.30. The van der Waals surface area contributed by atoms with Crippen LogP contribution in [0.15, 0.2) is 4.99 Å². The molecule has 1 amide bonds. The predicted octanol–water partition coefficient (Wildman–Crippen LogP) is 0.600. The lowest BCUT2D eigenvalue weighted by Gasteiger charge is -2.25. The molecule has 2 rings (SSSR count). The predicted molar refractivity (Wildman–Crippen MR) is 90.1 cm³/mol. The molecule has 1 unspecified atom stereocenters. The number of aliphatic imine (C=N–C) groups is 1. The Morgan fingerprint density at radius 3 is 2.64 bits per heavy atom. The first kappa shape index (κ1) is 17.1. The van der Waals surface area contributed by atoms with E-state index in [-0.39, 0.29) is 12.5 Å². The lowest BCUT2D eigenvalue weighted by Crippen LogP contribution is -2.43. The van der Waals surface area contributed by atoms with Gasteiger partial charge in [-0.1, -0.05) is 6.92 Å². The average molecular weight is 309 g/mol. The van der Waals surface area contributed by atoms with E-state index in [2.05, 4.69) is 27.0 Å². The summed E-state index contributed by atoms with van der Waals surface area (Å²) in [5, 5.41) is 3.40. The van der Waals surface area contributed by atoms with Gasteiger partial charge in [-0.15, -0.1) is 0 Å². The second-order valence-corrected chi connectivity index (χ2v) is 6.49. The van der Waals surface area contributed by atoms with E-state index in [0.29, 0.717) is 6.04 Å². The third-order valence-electron chi connectivity index (χ3n) is 4.52. The van der Waals surface area contributed by atoms with E-state index in [1.54, 1.807) is 19.0 Å². The molecule has 0 bridgehead atoms. The molecule has 2 aliphatic heterocycles. The zero-order valence-electron chi connectivity index (χ0n) is 14.3. The monoisotopic (exact) mass is 309 g/mol. The number of likely N-dealkylation sites (N-methyl/N-ethyl adjacent to an activating group) is 1. The highest BCUT2D eigenvalue weighted by Crippen LogP contribution is 2.20. The number of hydrogen-bond acceptors (Lipinski definition) is 3. The molecule has 0 radical (unpaired) electrons. The Morgan fingerprint density at radius 1 is 1.27 bits per heavy atom. The fraction of sp³-hybridized carbons (Fsp3) is 0.875. The summed E-state index contributed by atoms with van der Waals surface area (Å²) in [5.74, 6) is 0.949. The van der Waals surface area contributed by atoms with Crippen molar-refractivity contribution in [1.29, 1.82) is 0 Å². The van der Waals surface area contributed by atoms with Gasteiger partial charge in [-0.2, -0.15) is 0 Å². The van der Waals surface area contributed by atoms with Crippen molar-refractivity contribution in [2.45, 2.75) is 38.6 Å². The minimum Gasteiger partial charge on any atom is -0.356 e. The van der Waals surface area contributed by atoms with Crippen molar-refractivity contribution >= 4 is 11.9 Å². The molecule has 2 saturated heterocycles. The summed E-state index contributed by atoms with van der Waals surface area (Å²) in [7, 11) is 3.55. The Hall–Kier alpha value is -1.30. The minimum absolute atomic E-state index is 0.0473. The van der Waals surface area contributed by atoms with E-state index in [0.717, 1.165) is 32.0 Å². The topological polar surface area (TPSA) is 51.2 Å². The van der Waals surface area contributed by atoms with Crippen LogP contribution in [0.25, 0.3) is 0 Å². The third kappa shape index (κ3) is 4.60. The van der Waals surface area contributed by atoms with Crippen LogP contribution in [0.2, 0.25) is 0 Å². The summed E-state index contributed by atoms with van der Waals surface area (Å²) in [6.45, 7) is 7.83. The lowest BCUT2D eigenvalue weighted by molar-refractivity contribution is -0.127. The fourth-order valence-corrected chi connectivity index (χ4v) is 3.13. The Kier molecular flexibility index (Phi) is 6.49. The quantitative estimate of drug-likeness (QED) is 0.597. The molecule has 1 N–H and O–H groups in total. The summed E-state index contributed by atoms with van der Waals surface area (Å²) in [4.78, 5) is 22.9. The molecule has 22 heavy (non-hydrogen) atoms. The largest absolute Gasteiger partial charge is 0.356 e. The van der Waals surface area contributed by atoms with Gasteiger partial charge in [0.25, 0.3) is 0 Å². The molecular formula is C16H31N5O. The molecule has 126 valence electrons. The molecule has 0 aliphatic carbocycles. The van der Waals surface area contributed by atoms with Crippen LogP contribution in [0.4, 0.5) is 0 Å². The summed E-state index contributed by atoms with van der Waals surface area (Å²) >= 11 is 0. The molecule has 0 aromatic rings. The standard InChI is InChI=1S/C16H31N5O/c1-4-8-17-16(18-12-15(22)19(2)3)21-11-7-14(13-21)20-9-5-6-10-20/h14H,4-13H2,1-3H3,(H,17,18). The van der Waals surface area contributed by atoms with E-state index >= 15 is 0 Å². The van der Waals surface area contributed by atoms with Gasteiger partial charge in [0.1, 0.15) is 6.54 Å². The maximum absolute atomic E-state index is 11.8. The van der Waals surface area contributed by atoms with Crippen LogP contribution in [-0.4, -0.2) is 86.0 Å². The Labute approximate surface area is 134 Å². The number of guanidine groups is 1. The number of likely N-dealkylation sites (tertiary alicyclic amines) is 2. The first-order valence-electron chi connectivity index (χ1n) is 8.59. The normalized spacial score (nSPS) is 23.1. The van der Waals surface area contributed by atoms with Crippen molar-refractivity contribution in [3.8, 4) is 0 Å². The van der Waals surface area contributed by atoms with E-state index in [9.17, 15) is 4.79 Å². The van der Waals surface area contributed by atoms with Crippen molar-refractivity contribution in [2.75, 3.05) is 53.4 Å². The number of hydrogen-bond donors (Lipinski definition) is 1. The average Bonchev–Trinajstić information content (AvgIpc) is 3.17. The molecule has 6 nitrogen and oxygen atoms in total. The molecule has 1 atom stereocenters. The van der Waals surface area contributed by atoms with Gasteiger partial charge in [-0.05, 0) is 38.8 Å². The van der Waals surface area contributed by atoms with Gasteiger partial charge in [-0.25, -0.2) is 4.99 Å². The number of nitrogens with one attached hydrogen (secondary N) is 1. The van der Waals surface area contributed by atoms with Crippen molar-refractivity contribution < 1.29 is 4.79 Å². The van der Waals surface area contributed by atoms with Crippen LogP contribution in [0.5, 0.6) is 0 Å². The maximum Gasteiger partial charge on any atom is 0.243 e. The molecule has 0 saturated carbocycles. The van der Waals surface area contributed by atoms with E-state index < -0.39 is 0 Å². The zero-order chi connectivity index (χ0) is 15.9. The maximum atomic E-state index is 11.8. The number of amides is 1. The molecule has 6 heteroatoms. The van der Waals surface area contributed by atoms with Gasteiger partial charge in [0.15, 0.2) is 5.96 Å². The van der Waals surface area contributed by atoms with Crippen molar-refractivity contribution in [1.82, 2.24) is 20.0 Å². The van der Waals surface area contributed by atoms with Crippen LogP contribution in [0.3, 0.4) is 0 Å². The van der Waals surface area contributed by atoms with Gasteiger partial charge in [0.05, 0.1) is 0 Å². The van der Waals surface area contributed by atoms with E-state index in [4.69, 9.17) is 0 Å². The summed E-state index contributed by atoms with van der Waals surface area (Å²) < 4.78 is 0. The van der Waals surface area contributed by atoms with Crippen LogP contribution < -0.4 is 5.32 Å². The molecular weight excluding hydrogens is 278 g/mol. The second kappa shape index (κ2) is 8.36. The van der Waals surface area contributed by atoms with Crippen LogP contribution >= 0.6 is 0 Å². The lowest BCUT2D eigenvalue weighted by atomic mass is 10.2. The third-order valence-corrected chi connectivity index (χ3v) is 4.52. The van der Waals surface area contributed by atoms with Crippen LogP contribution in [-0.2, 0) is 4.79 Å². The SMILES string of the molecule is CCCNC(=NCC(=O)N(C)C)N1CCC(N2CCCC2)C1. The molecule has 0 aromatic heterocycles. The molecule has 2 heterocycles. The van der Waals surface area contributed by atoms with Gasteiger partial charge in [-0.3, -0.25) is 9.69 Å². The highest BCUT2D eigenvalue weighted by molar-refractivity contribution is 5.85. The number of rotatable bonds is 5. The fourth-order valence-electron chi connectivity index (χ4n) is 3.13. The second-order valence-electron chi connectivity index (χ2n) is 6.49. The van der Waals surface area contributed by atoms with Crippen LogP contribution in [0.1, 0.15) is 32.6 Å². The van der Waals surface area contributed by atoms with E-state index in [1.807, 2.05) is 0 Å². The Balaban J connectivity index is 1.93. The molecule has 0 aromatic carbocycles. The van der Waals surface area contributed by atoms with Crippen LogP contribution in [0, 0.1) is 0 Å². The van der Waals surface area contributed by atoms with Gasteiger partial charge >= 0.3 is 0 Å². The van der Waals surface area contributed by atoms with Crippen molar-refractivity contribution in [2.24, 2.45) is 4.99 Å². The molecule has 2 aliphatic rings. The van der Waals surface area contributed by atoms with Crippen molar-refractivity contribution in [3.63, 3.8) is 0 Å². The minimum atomic E-state index is 0.0473. The Morgan fingerprint density at radius 2 is 2.00 bits per heavy atom. The van der Waals surface area contributed by atoms with E-state index in [1.165, 1.54) is 32.4 Å². The molecule has 2 fully saturated rings. The summed E-state index contributed by atoms with van der Waals surface area (Å²) in [6, 6.07) is 0.653. The number of carbonyl (C=O) groups excluding carboxylic acids is 1. The highest BCUT2D eigenvalue weighted by atomic mass is 16.2. The summed E-state index contributed by atoms with van der Waals surface area (Å²) in [5.41, 5.74) is 0. The smallest absolute Gasteiger partial charge is 0.243 e. The first-order chi connectivity index (χ1) is 10.6. The first-order valence-corrected chi connectivity index (χ1v) is 8.59.